The molecule has 2 aromatic rings. The summed E-state index contributed by atoms with van der Waals surface area (Å²) >= 11 is 0. The second-order valence-electron chi connectivity index (χ2n) is 4.85. The fraction of sp³-hybridized carbons (Fsp3) is 0.357. The first-order chi connectivity index (χ1) is 8.58. The molecule has 0 bridgehead atoms. The van der Waals surface area contributed by atoms with Crippen molar-refractivity contribution >= 4 is 0 Å². The fourth-order valence-corrected chi connectivity index (χ4v) is 1.77. The van der Waals surface area contributed by atoms with E-state index in [1.165, 1.54) is 12.1 Å². The molecule has 0 spiro atoms. The van der Waals surface area contributed by atoms with Gasteiger partial charge < -0.3 is 10.3 Å². The Morgan fingerprint density at radius 2 is 1.94 bits per heavy atom. The summed E-state index contributed by atoms with van der Waals surface area (Å²) in [5, 5.41) is 0. The summed E-state index contributed by atoms with van der Waals surface area (Å²) in [4.78, 5) is 4.15. The predicted octanol–water partition coefficient (Wildman–Crippen LogP) is 2.67. The number of nitrogens with zero attached hydrogens (tertiary/aromatic N) is 2. The van der Waals surface area contributed by atoms with Gasteiger partial charge in [0.15, 0.2) is 0 Å². The molecule has 1 aromatic carbocycles. The first-order valence-electron chi connectivity index (χ1n) is 6.09. The van der Waals surface area contributed by atoms with Gasteiger partial charge >= 0.3 is 0 Å². The molecule has 0 aliphatic carbocycles. The topological polar surface area (TPSA) is 43.8 Å². The van der Waals surface area contributed by atoms with Gasteiger partial charge in [-0.1, -0.05) is 13.8 Å². The third kappa shape index (κ3) is 2.76. The van der Waals surface area contributed by atoms with Crippen molar-refractivity contribution < 1.29 is 4.39 Å². The van der Waals surface area contributed by atoms with E-state index in [2.05, 4.69) is 18.8 Å². The molecule has 1 unspecified atom stereocenters. The monoisotopic (exact) mass is 247 g/mol. The summed E-state index contributed by atoms with van der Waals surface area (Å²) in [6, 6.07) is 6.50. The maximum atomic E-state index is 12.9. The van der Waals surface area contributed by atoms with E-state index in [0.717, 1.165) is 11.3 Å². The Bertz CT molecular complexity index is 502. The zero-order valence-electron chi connectivity index (χ0n) is 10.7. The van der Waals surface area contributed by atoms with E-state index in [1.807, 2.05) is 4.57 Å². The van der Waals surface area contributed by atoms with Crippen molar-refractivity contribution in [2.75, 3.05) is 0 Å². The van der Waals surface area contributed by atoms with Gasteiger partial charge in [-0.3, -0.25) is 0 Å². The highest BCUT2D eigenvalue weighted by Gasteiger charge is 2.11. The highest BCUT2D eigenvalue weighted by atomic mass is 19.1. The molecule has 1 aromatic heterocycles. The van der Waals surface area contributed by atoms with Gasteiger partial charge in [-0.15, -0.1) is 0 Å². The van der Waals surface area contributed by atoms with Gasteiger partial charge in [0.25, 0.3) is 0 Å². The molecule has 0 aliphatic heterocycles. The zero-order valence-corrected chi connectivity index (χ0v) is 10.7. The predicted molar refractivity (Wildman–Crippen MR) is 70.4 cm³/mol. The van der Waals surface area contributed by atoms with Crippen molar-refractivity contribution in [3.05, 3.63) is 42.6 Å². The number of benzene rings is 1. The number of imidazole rings is 1. The third-order valence-electron chi connectivity index (χ3n) is 3.12. The third-order valence-corrected chi connectivity index (χ3v) is 3.12. The molecule has 0 saturated carbocycles. The van der Waals surface area contributed by atoms with Crippen LogP contribution in [0.4, 0.5) is 4.39 Å². The van der Waals surface area contributed by atoms with E-state index >= 15 is 0 Å². The van der Waals surface area contributed by atoms with E-state index in [9.17, 15) is 4.39 Å². The Hall–Kier alpha value is -1.68. The van der Waals surface area contributed by atoms with E-state index in [0.29, 0.717) is 12.5 Å². The van der Waals surface area contributed by atoms with Crippen LogP contribution in [-0.2, 0) is 6.54 Å². The first-order valence-corrected chi connectivity index (χ1v) is 6.09. The lowest BCUT2D eigenvalue weighted by Crippen LogP contribution is -2.31. The molecule has 1 heterocycles. The Kier molecular flexibility index (Phi) is 3.77. The molecule has 1 atom stereocenters. The molecule has 18 heavy (non-hydrogen) atoms. The number of aromatic nitrogens is 2. The first kappa shape index (κ1) is 12.8. The number of rotatable bonds is 4. The Morgan fingerprint density at radius 1 is 1.28 bits per heavy atom. The summed E-state index contributed by atoms with van der Waals surface area (Å²) in [5.74, 6) is 0.178. The van der Waals surface area contributed by atoms with Crippen LogP contribution in [0.3, 0.4) is 0 Å². The molecule has 0 fully saturated rings. The van der Waals surface area contributed by atoms with Gasteiger partial charge in [-0.2, -0.15) is 0 Å². The highest BCUT2D eigenvalue weighted by molar-refractivity contribution is 5.58. The molecule has 0 radical (unpaired) electrons. The van der Waals surface area contributed by atoms with Gasteiger partial charge in [0.1, 0.15) is 5.82 Å². The maximum absolute atomic E-state index is 12.9. The van der Waals surface area contributed by atoms with Gasteiger partial charge in [0, 0.05) is 12.6 Å². The van der Waals surface area contributed by atoms with Gasteiger partial charge in [0.05, 0.1) is 18.2 Å². The summed E-state index contributed by atoms with van der Waals surface area (Å²) < 4.78 is 14.9. The van der Waals surface area contributed by atoms with Crippen molar-refractivity contribution in [1.29, 1.82) is 0 Å². The lowest BCUT2D eigenvalue weighted by molar-refractivity contribution is 0.435. The normalized spacial score (nSPS) is 12.9. The quantitative estimate of drug-likeness (QED) is 0.902. The SMILES string of the molecule is CC(C)C(N)Cn1cncc1-c1ccc(F)cc1. The zero-order chi connectivity index (χ0) is 13.1. The highest BCUT2D eigenvalue weighted by Crippen LogP contribution is 2.20. The average Bonchev–Trinajstić information content (AvgIpc) is 2.78. The molecule has 0 saturated heterocycles. The van der Waals surface area contributed by atoms with Crippen LogP contribution in [0.1, 0.15) is 13.8 Å². The van der Waals surface area contributed by atoms with Crippen LogP contribution in [0.25, 0.3) is 11.3 Å². The van der Waals surface area contributed by atoms with E-state index in [1.54, 1.807) is 24.7 Å². The Balaban J connectivity index is 2.25. The molecule has 0 amide bonds. The summed E-state index contributed by atoms with van der Waals surface area (Å²) in [7, 11) is 0. The fourth-order valence-electron chi connectivity index (χ4n) is 1.77. The van der Waals surface area contributed by atoms with Crippen LogP contribution in [0.2, 0.25) is 0 Å². The van der Waals surface area contributed by atoms with Gasteiger partial charge in [-0.05, 0) is 35.7 Å². The average molecular weight is 247 g/mol. The van der Waals surface area contributed by atoms with Crippen LogP contribution in [0, 0.1) is 11.7 Å². The number of halogens is 1. The largest absolute Gasteiger partial charge is 0.329 e. The second kappa shape index (κ2) is 5.31. The maximum Gasteiger partial charge on any atom is 0.123 e. The van der Waals surface area contributed by atoms with Crippen LogP contribution in [0.15, 0.2) is 36.8 Å². The molecule has 2 rings (SSSR count). The van der Waals surface area contributed by atoms with Crippen molar-refractivity contribution in [1.82, 2.24) is 9.55 Å². The Labute approximate surface area is 106 Å². The molecule has 0 aliphatic rings. The van der Waals surface area contributed by atoms with Crippen LogP contribution >= 0.6 is 0 Å². The number of hydrogen-bond donors (Lipinski definition) is 1. The Morgan fingerprint density at radius 3 is 2.56 bits per heavy atom. The van der Waals surface area contributed by atoms with E-state index < -0.39 is 0 Å². The smallest absolute Gasteiger partial charge is 0.123 e. The van der Waals surface area contributed by atoms with Crippen molar-refractivity contribution in [2.45, 2.75) is 26.4 Å². The van der Waals surface area contributed by atoms with Crippen LogP contribution in [-0.4, -0.2) is 15.6 Å². The molecular weight excluding hydrogens is 229 g/mol. The minimum atomic E-state index is -0.233. The van der Waals surface area contributed by atoms with Crippen molar-refractivity contribution in [3.63, 3.8) is 0 Å². The van der Waals surface area contributed by atoms with Gasteiger partial charge in [0.2, 0.25) is 0 Å². The molecule has 96 valence electrons. The molecular formula is C14H18FN3. The van der Waals surface area contributed by atoms with Crippen molar-refractivity contribution in [2.24, 2.45) is 11.7 Å². The summed E-state index contributed by atoms with van der Waals surface area (Å²) in [6.07, 6.45) is 3.54. The lowest BCUT2D eigenvalue weighted by atomic mass is 10.1. The number of nitrogens with two attached hydrogens (primary N) is 1. The second-order valence-corrected chi connectivity index (χ2v) is 4.85. The lowest BCUT2D eigenvalue weighted by Gasteiger charge is -2.17. The summed E-state index contributed by atoms with van der Waals surface area (Å²) in [6.45, 7) is 4.91. The minimum absolute atomic E-state index is 0.0819. The summed E-state index contributed by atoms with van der Waals surface area (Å²) in [5.41, 5.74) is 7.98. The standard InChI is InChI=1S/C14H18FN3/c1-10(2)13(16)8-18-9-17-7-14(18)11-3-5-12(15)6-4-11/h3-7,9-10,13H,8,16H2,1-2H3. The van der Waals surface area contributed by atoms with Crippen LogP contribution < -0.4 is 5.73 Å². The van der Waals surface area contributed by atoms with Crippen molar-refractivity contribution in [3.8, 4) is 11.3 Å². The molecule has 2 N–H and O–H groups in total. The minimum Gasteiger partial charge on any atom is -0.329 e. The molecule has 3 nitrogen and oxygen atoms in total. The molecule has 4 heteroatoms. The van der Waals surface area contributed by atoms with E-state index in [-0.39, 0.29) is 11.9 Å². The van der Waals surface area contributed by atoms with E-state index in [4.69, 9.17) is 5.73 Å². The van der Waals surface area contributed by atoms with Crippen LogP contribution in [0.5, 0.6) is 0 Å². The number of hydrogen-bond acceptors (Lipinski definition) is 2. The van der Waals surface area contributed by atoms with Gasteiger partial charge in [-0.25, -0.2) is 9.37 Å².